The zero-order valence-corrected chi connectivity index (χ0v) is 26.4. The van der Waals surface area contributed by atoms with Crippen molar-refractivity contribution >= 4 is 43.6 Å². The minimum atomic E-state index is 0.0892. The SMILES string of the molecule is C1=CCC(c2nc(C3=CC(c4cc5ccccc5c5ccccc45)CC(c4cccc5cccnc45)=C3)nc(-c3ccccc3)n2)C=C1. The van der Waals surface area contributed by atoms with Crippen LogP contribution in [-0.2, 0) is 0 Å². The van der Waals surface area contributed by atoms with Crippen molar-refractivity contribution in [3.8, 4) is 11.4 Å². The van der Waals surface area contributed by atoms with E-state index in [1.54, 1.807) is 0 Å². The molecule has 4 nitrogen and oxygen atoms in total. The van der Waals surface area contributed by atoms with Crippen LogP contribution in [0.25, 0.3) is 55.0 Å². The fourth-order valence-corrected chi connectivity index (χ4v) is 7.26. The first-order valence-electron chi connectivity index (χ1n) is 16.6. The molecule has 4 heteroatoms. The predicted octanol–water partition coefficient (Wildman–Crippen LogP) is 10.6. The minimum Gasteiger partial charge on any atom is -0.256 e. The summed E-state index contributed by atoms with van der Waals surface area (Å²) in [5.74, 6) is 2.36. The van der Waals surface area contributed by atoms with Gasteiger partial charge in [0.1, 0.15) is 5.82 Å². The summed E-state index contributed by atoms with van der Waals surface area (Å²) in [4.78, 5) is 20.2. The maximum atomic E-state index is 5.20. The van der Waals surface area contributed by atoms with E-state index < -0.39 is 0 Å². The maximum absolute atomic E-state index is 5.20. The van der Waals surface area contributed by atoms with E-state index in [-0.39, 0.29) is 11.8 Å². The van der Waals surface area contributed by atoms with Gasteiger partial charge in [0.15, 0.2) is 11.6 Å². The monoisotopic (exact) mass is 616 g/mol. The molecule has 2 aliphatic carbocycles. The van der Waals surface area contributed by atoms with E-state index in [9.17, 15) is 0 Å². The molecule has 9 rings (SSSR count). The van der Waals surface area contributed by atoms with Crippen molar-refractivity contribution in [3.05, 3.63) is 181 Å². The Kier molecular flexibility index (Phi) is 7.05. The van der Waals surface area contributed by atoms with Gasteiger partial charge >= 0.3 is 0 Å². The van der Waals surface area contributed by atoms with Gasteiger partial charge in [-0.1, -0.05) is 134 Å². The lowest BCUT2D eigenvalue weighted by molar-refractivity contribution is 0.756. The number of aromatic nitrogens is 4. The van der Waals surface area contributed by atoms with Crippen molar-refractivity contribution in [2.45, 2.75) is 24.7 Å². The predicted molar refractivity (Wildman–Crippen MR) is 197 cm³/mol. The highest BCUT2D eigenvalue weighted by Gasteiger charge is 2.25. The molecule has 7 aromatic rings. The first kappa shape index (κ1) is 28.2. The van der Waals surface area contributed by atoms with E-state index in [0.29, 0.717) is 11.6 Å². The van der Waals surface area contributed by atoms with E-state index in [2.05, 4.69) is 127 Å². The number of nitrogens with zero attached hydrogens (tertiary/aromatic N) is 4. The lowest BCUT2D eigenvalue weighted by atomic mass is 9.80. The molecule has 0 spiro atoms. The van der Waals surface area contributed by atoms with Gasteiger partial charge in [0.05, 0.1) is 5.52 Å². The Bertz CT molecular complexity index is 2470. The zero-order valence-electron chi connectivity index (χ0n) is 26.4. The van der Waals surface area contributed by atoms with Gasteiger partial charge in [0.2, 0.25) is 0 Å². The molecule has 2 heterocycles. The smallest absolute Gasteiger partial charge is 0.163 e. The van der Waals surface area contributed by atoms with E-state index in [0.717, 1.165) is 46.3 Å². The van der Waals surface area contributed by atoms with Crippen molar-refractivity contribution in [2.24, 2.45) is 0 Å². The highest BCUT2D eigenvalue weighted by atomic mass is 15.0. The summed E-state index contributed by atoms with van der Waals surface area (Å²) in [7, 11) is 0. The van der Waals surface area contributed by atoms with Crippen LogP contribution in [0.1, 0.15) is 47.5 Å². The standard InChI is InChI=1S/C44H32N4/c1-3-13-30(14-4-1)42-46-43(31-15-5-2-6-16-31)48-44(47-42)35-26-33(37-23-11-18-29-19-12-24-45-41(29)37)25-34(27-35)40-28-32-17-7-8-20-36(32)38-21-9-10-22-39(38)40/h1-15,17-24,26-28,31,34H,16,25H2. The van der Waals surface area contributed by atoms with Crippen molar-refractivity contribution < 1.29 is 0 Å². The molecular formula is C44H32N4. The molecule has 228 valence electrons. The summed E-state index contributed by atoms with van der Waals surface area (Å²) in [5, 5.41) is 6.19. The van der Waals surface area contributed by atoms with Crippen LogP contribution < -0.4 is 0 Å². The van der Waals surface area contributed by atoms with Crippen molar-refractivity contribution in [2.75, 3.05) is 0 Å². The summed E-state index contributed by atoms with van der Waals surface area (Å²) in [6.45, 7) is 0. The summed E-state index contributed by atoms with van der Waals surface area (Å²) in [5.41, 5.74) is 6.67. The molecule has 0 amide bonds. The number of para-hydroxylation sites is 1. The molecule has 0 N–H and O–H groups in total. The minimum absolute atomic E-state index is 0.0892. The first-order valence-corrected chi connectivity index (χ1v) is 16.6. The summed E-state index contributed by atoms with van der Waals surface area (Å²) < 4.78 is 0. The van der Waals surface area contributed by atoms with Crippen LogP contribution in [0.2, 0.25) is 0 Å². The van der Waals surface area contributed by atoms with E-state index in [4.69, 9.17) is 19.9 Å². The number of rotatable bonds is 5. The summed E-state index contributed by atoms with van der Waals surface area (Å²) in [6.07, 6.45) is 16.8. The number of benzene rings is 5. The van der Waals surface area contributed by atoms with Gasteiger partial charge in [-0.15, -0.1) is 0 Å². The second kappa shape index (κ2) is 12.0. The molecule has 0 saturated heterocycles. The molecule has 2 atom stereocenters. The Balaban J connectivity index is 1.28. The number of pyridine rings is 1. The maximum Gasteiger partial charge on any atom is 0.163 e. The average Bonchev–Trinajstić information content (AvgIpc) is 3.17. The second-order valence-electron chi connectivity index (χ2n) is 12.6. The van der Waals surface area contributed by atoms with Gasteiger partial charge < -0.3 is 0 Å². The highest BCUT2D eigenvalue weighted by molar-refractivity contribution is 6.09. The molecule has 0 fully saturated rings. The fourth-order valence-electron chi connectivity index (χ4n) is 7.26. The lowest BCUT2D eigenvalue weighted by Gasteiger charge is -2.25. The van der Waals surface area contributed by atoms with Gasteiger partial charge in [-0.25, -0.2) is 15.0 Å². The van der Waals surface area contributed by atoms with Gasteiger partial charge in [0, 0.05) is 40.1 Å². The summed E-state index contributed by atoms with van der Waals surface area (Å²) >= 11 is 0. The van der Waals surface area contributed by atoms with Gasteiger partial charge in [0.25, 0.3) is 0 Å². The molecule has 2 unspecified atom stereocenters. The van der Waals surface area contributed by atoms with Crippen LogP contribution in [0.3, 0.4) is 0 Å². The molecule has 0 radical (unpaired) electrons. The first-order chi connectivity index (χ1) is 23.8. The van der Waals surface area contributed by atoms with Gasteiger partial charge in [-0.3, -0.25) is 4.98 Å². The highest BCUT2D eigenvalue weighted by Crippen LogP contribution is 2.43. The van der Waals surface area contributed by atoms with E-state index in [1.807, 2.05) is 30.5 Å². The number of hydrogen-bond acceptors (Lipinski definition) is 4. The fraction of sp³-hybridized carbons (Fsp3) is 0.0909. The molecule has 2 aromatic heterocycles. The summed E-state index contributed by atoms with van der Waals surface area (Å²) in [6, 6.07) is 40.7. The Labute approximate surface area is 279 Å². The molecule has 48 heavy (non-hydrogen) atoms. The third-order valence-corrected chi connectivity index (χ3v) is 9.58. The number of hydrogen-bond donors (Lipinski definition) is 0. The molecular weight excluding hydrogens is 585 g/mol. The van der Waals surface area contributed by atoms with Crippen molar-refractivity contribution in [1.29, 1.82) is 0 Å². The Morgan fingerprint density at radius 2 is 1.38 bits per heavy atom. The molecule has 0 aliphatic heterocycles. The van der Waals surface area contributed by atoms with Crippen LogP contribution >= 0.6 is 0 Å². The van der Waals surface area contributed by atoms with Gasteiger partial charge in [-0.2, -0.15) is 0 Å². The largest absolute Gasteiger partial charge is 0.256 e. The van der Waals surface area contributed by atoms with Crippen molar-refractivity contribution in [3.63, 3.8) is 0 Å². The van der Waals surface area contributed by atoms with Gasteiger partial charge in [-0.05, 0) is 63.7 Å². The van der Waals surface area contributed by atoms with Crippen LogP contribution in [0.15, 0.2) is 158 Å². The van der Waals surface area contributed by atoms with E-state index in [1.165, 1.54) is 32.7 Å². The van der Waals surface area contributed by atoms with Crippen molar-refractivity contribution in [1.82, 2.24) is 19.9 Å². The van der Waals surface area contributed by atoms with Crippen LogP contribution in [0.4, 0.5) is 0 Å². The van der Waals surface area contributed by atoms with E-state index >= 15 is 0 Å². The van der Waals surface area contributed by atoms with Crippen LogP contribution in [0.5, 0.6) is 0 Å². The molecule has 2 aliphatic rings. The molecule has 0 saturated carbocycles. The lowest BCUT2D eigenvalue weighted by Crippen LogP contribution is -2.11. The zero-order chi connectivity index (χ0) is 31.9. The van der Waals surface area contributed by atoms with Crippen LogP contribution in [0, 0.1) is 0 Å². The normalized spacial score (nSPS) is 17.5. The number of fused-ring (bicyclic) bond motifs is 4. The second-order valence-corrected chi connectivity index (χ2v) is 12.6. The Morgan fingerprint density at radius 1 is 0.604 bits per heavy atom. The molecule has 0 bridgehead atoms. The quantitative estimate of drug-likeness (QED) is 0.181. The average molecular weight is 617 g/mol. The van der Waals surface area contributed by atoms with Crippen LogP contribution in [-0.4, -0.2) is 19.9 Å². The number of allylic oxidation sites excluding steroid dienone is 8. The third kappa shape index (κ3) is 5.12. The Hall–Kier alpha value is -6.00. The topological polar surface area (TPSA) is 51.6 Å². The third-order valence-electron chi connectivity index (χ3n) is 9.58. The molecule has 5 aromatic carbocycles. The Morgan fingerprint density at radius 3 is 2.25 bits per heavy atom.